The fourth-order valence-corrected chi connectivity index (χ4v) is 2.57. The van der Waals surface area contributed by atoms with Crippen LogP contribution in [0.5, 0.6) is 0 Å². The quantitative estimate of drug-likeness (QED) is 0.666. The van der Waals surface area contributed by atoms with E-state index in [2.05, 4.69) is 35.9 Å². The summed E-state index contributed by atoms with van der Waals surface area (Å²) in [6.07, 6.45) is 10.1. The molecule has 17 heavy (non-hydrogen) atoms. The van der Waals surface area contributed by atoms with Gasteiger partial charge in [-0.3, -0.25) is 0 Å². The number of fused-ring (bicyclic) bond motifs is 1. The van der Waals surface area contributed by atoms with Crippen molar-refractivity contribution in [2.75, 3.05) is 6.54 Å². The summed E-state index contributed by atoms with van der Waals surface area (Å²) >= 11 is 0. The summed E-state index contributed by atoms with van der Waals surface area (Å²) in [5.41, 5.74) is 7.25. The zero-order valence-electron chi connectivity index (χ0n) is 11.1. The Morgan fingerprint density at radius 1 is 1.24 bits per heavy atom. The van der Waals surface area contributed by atoms with Crippen LogP contribution in [0.25, 0.3) is 0 Å². The van der Waals surface area contributed by atoms with Gasteiger partial charge in [0.2, 0.25) is 0 Å². The number of allylic oxidation sites excluding steroid dienone is 5. The third kappa shape index (κ3) is 2.31. The van der Waals surface area contributed by atoms with Gasteiger partial charge in [0.1, 0.15) is 0 Å². The van der Waals surface area contributed by atoms with E-state index in [0.29, 0.717) is 0 Å². The minimum Gasteiger partial charge on any atom is -0.384 e. The highest BCUT2D eigenvalue weighted by Gasteiger charge is 2.22. The van der Waals surface area contributed by atoms with Crippen LogP contribution >= 0.6 is 0 Å². The van der Waals surface area contributed by atoms with Gasteiger partial charge in [-0.2, -0.15) is 0 Å². The molecule has 2 N–H and O–H groups in total. The summed E-state index contributed by atoms with van der Waals surface area (Å²) < 4.78 is 0. The smallest absolute Gasteiger partial charge is 0.0428 e. The number of rotatable bonds is 0. The molecule has 2 heteroatoms. The molecule has 3 aliphatic rings. The molecule has 0 unspecified atom stereocenters. The Hall–Kier alpha value is -1.44. The van der Waals surface area contributed by atoms with Crippen LogP contribution in [0.1, 0.15) is 41.5 Å². The van der Waals surface area contributed by atoms with Crippen LogP contribution in [0.15, 0.2) is 46.5 Å². The predicted molar refractivity (Wildman–Crippen MR) is 75.4 cm³/mol. The Bertz CT molecular complexity index is 428. The molecule has 0 spiro atoms. The summed E-state index contributed by atoms with van der Waals surface area (Å²) in [7, 11) is 0. The van der Waals surface area contributed by atoms with Crippen molar-refractivity contribution in [3.8, 4) is 0 Å². The highest BCUT2D eigenvalue weighted by Crippen LogP contribution is 2.34. The van der Waals surface area contributed by atoms with Gasteiger partial charge in [0.15, 0.2) is 0 Å². The minimum atomic E-state index is 0. The molecule has 0 radical (unpaired) electrons. The first-order chi connectivity index (χ1) is 8.34. The predicted octanol–water partition coefficient (Wildman–Crippen LogP) is 3.62. The van der Waals surface area contributed by atoms with Crippen molar-refractivity contribution >= 4 is 0 Å². The molecule has 0 fully saturated rings. The van der Waals surface area contributed by atoms with Crippen molar-refractivity contribution < 1.29 is 1.43 Å². The fourth-order valence-electron chi connectivity index (χ4n) is 2.57. The SMILES string of the molecule is CC.CC1=CC2=C(CN1)C1=C(CC=CN1)CC2.[HH]. The molecule has 0 aromatic carbocycles. The maximum Gasteiger partial charge on any atom is 0.0428 e. The molecule has 0 atom stereocenters. The van der Waals surface area contributed by atoms with E-state index < -0.39 is 0 Å². The van der Waals surface area contributed by atoms with Gasteiger partial charge in [0, 0.05) is 19.4 Å². The average molecular weight is 232 g/mol. The minimum absolute atomic E-state index is 0. The number of dihydropyridines is 2. The van der Waals surface area contributed by atoms with Crippen molar-refractivity contribution in [1.29, 1.82) is 0 Å². The van der Waals surface area contributed by atoms with E-state index in [1.165, 1.54) is 35.4 Å². The summed E-state index contributed by atoms with van der Waals surface area (Å²) in [4.78, 5) is 0. The molecule has 3 rings (SSSR count). The summed E-state index contributed by atoms with van der Waals surface area (Å²) in [5, 5.41) is 6.83. The van der Waals surface area contributed by atoms with E-state index in [9.17, 15) is 0 Å². The molecule has 0 saturated carbocycles. The standard InChI is InChI=1S/C13H16N2.C2H6.H2/c1-9-7-11-5-4-10-3-2-6-14-13(10)12(11)8-15-9;1-2;/h2,6-7,14-15H,3-5,8H2,1H3;1-2H3;1H. The third-order valence-corrected chi connectivity index (χ3v) is 3.38. The van der Waals surface area contributed by atoms with E-state index in [1.54, 1.807) is 5.57 Å². The second-order valence-electron chi connectivity index (χ2n) is 4.41. The van der Waals surface area contributed by atoms with Crippen LogP contribution in [0.4, 0.5) is 0 Å². The van der Waals surface area contributed by atoms with Gasteiger partial charge >= 0.3 is 0 Å². The largest absolute Gasteiger partial charge is 0.384 e. The van der Waals surface area contributed by atoms with Crippen molar-refractivity contribution in [3.05, 3.63) is 46.5 Å². The van der Waals surface area contributed by atoms with Crippen molar-refractivity contribution in [2.45, 2.75) is 40.0 Å². The Balaban J connectivity index is 0.000000516. The zero-order valence-corrected chi connectivity index (χ0v) is 11.1. The molecule has 2 aliphatic heterocycles. The van der Waals surface area contributed by atoms with E-state index in [-0.39, 0.29) is 1.43 Å². The molecule has 2 nitrogen and oxygen atoms in total. The van der Waals surface area contributed by atoms with E-state index in [0.717, 1.165) is 13.0 Å². The van der Waals surface area contributed by atoms with E-state index >= 15 is 0 Å². The molecule has 0 aromatic heterocycles. The van der Waals surface area contributed by atoms with Crippen LogP contribution in [-0.4, -0.2) is 6.54 Å². The maximum atomic E-state index is 3.42. The molecule has 2 heterocycles. The number of hydrogen-bond donors (Lipinski definition) is 2. The Morgan fingerprint density at radius 2 is 2.06 bits per heavy atom. The van der Waals surface area contributed by atoms with E-state index in [1.807, 2.05) is 13.8 Å². The topological polar surface area (TPSA) is 24.1 Å². The van der Waals surface area contributed by atoms with Crippen LogP contribution in [-0.2, 0) is 0 Å². The Kier molecular flexibility index (Phi) is 3.72. The molecular weight excluding hydrogens is 208 g/mol. The Labute approximate surface area is 106 Å². The first kappa shape index (κ1) is 12.0. The van der Waals surface area contributed by atoms with Gasteiger partial charge in [-0.25, -0.2) is 0 Å². The van der Waals surface area contributed by atoms with Crippen molar-refractivity contribution in [3.63, 3.8) is 0 Å². The van der Waals surface area contributed by atoms with Crippen LogP contribution < -0.4 is 10.6 Å². The fraction of sp³-hybridized carbons (Fsp3) is 0.467. The lowest BCUT2D eigenvalue weighted by Gasteiger charge is -2.30. The molecule has 0 amide bonds. The lowest BCUT2D eigenvalue weighted by atomic mass is 9.85. The lowest BCUT2D eigenvalue weighted by molar-refractivity contribution is 0.743. The monoisotopic (exact) mass is 232 g/mol. The maximum absolute atomic E-state index is 3.42. The van der Waals surface area contributed by atoms with Gasteiger partial charge < -0.3 is 10.6 Å². The van der Waals surface area contributed by atoms with Crippen LogP contribution in [0.2, 0.25) is 0 Å². The van der Waals surface area contributed by atoms with E-state index in [4.69, 9.17) is 0 Å². The first-order valence-electron chi connectivity index (χ1n) is 6.63. The summed E-state index contributed by atoms with van der Waals surface area (Å²) in [5.74, 6) is 0. The van der Waals surface area contributed by atoms with Gasteiger partial charge in [0.25, 0.3) is 0 Å². The molecule has 0 saturated heterocycles. The van der Waals surface area contributed by atoms with Gasteiger partial charge in [-0.1, -0.05) is 19.9 Å². The van der Waals surface area contributed by atoms with Gasteiger partial charge in [-0.15, -0.1) is 0 Å². The Morgan fingerprint density at radius 3 is 2.88 bits per heavy atom. The zero-order chi connectivity index (χ0) is 12.3. The van der Waals surface area contributed by atoms with Crippen molar-refractivity contribution in [2.24, 2.45) is 0 Å². The molecule has 0 bridgehead atoms. The second kappa shape index (κ2) is 5.26. The first-order valence-corrected chi connectivity index (χ1v) is 6.63. The molecular formula is C15H24N2. The van der Waals surface area contributed by atoms with Crippen LogP contribution in [0, 0.1) is 0 Å². The number of hydrogen-bond acceptors (Lipinski definition) is 2. The third-order valence-electron chi connectivity index (χ3n) is 3.38. The van der Waals surface area contributed by atoms with Gasteiger partial charge in [-0.05, 0) is 55.2 Å². The molecule has 0 aromatic rings. The normalized spacial score (nSPS) is 21.5. The highest BCUT2D eigenvalue weighted by molar-refractivity contribution is 5.50. The van der Waals surface area contributed by atoms with Crippen molar-refractivity contribution in [1.82, 2.24) is 10.6 Å². The highest BCUT2D eigenvalue weighted by atomic mass is 14.9. The summed E-state index contributed by atoms with van der Waals surface area (Å²) in [6, 6.07) is 0. The van der Waals surface area contributed by atoms with Crippen LogP contribution in [0.3, 0.4) is 0 Å². The average Bonchev–Trinajstić information content (AvgIpc) is 2.40. The van der Waals surface area contributed by atoms with Gasteiger partial charge in [0.05, 0.1) is 0 Å². The second-order valence-corrected chi connectivity index (χ2v) is 4.41. The molecule has 94 valence electrons. The number of nitrogens with one attached hydrogen (secondary N) is 2. The molecule has 1 aliphatic carbocycles. The summed E-state index contributed by atoms with van der Waals surface area (Å²) in [6.45, 7) is 7.12. The lowest BCUT2D eigenvalue weighted by Crippen LogP contribution is -2.28.